The van der Waals surface area contributed by atoms with Gasteiger partial charge in [-0.2, -0.15) is 0 Å². The van der Waals surface area contributed by atoms with Gasteiger partial charge in [-0.05, 0) is 6.07 Å². The van der Waals surface area contributed by atoms with Crippen molar-refractivity contribution in [3.8, 4) is 17.2 Å². The van der Waals surface area contributed by atoms with Gasteiger partial charge in [-0.25, -0.2) is 0 Å². The van der Waals surface area contributed by atoms with E-state index in [1.54, 1.807) is 0 Å². The van der Waals surface area contributed by atoms with Gasteiger partial charge in [0.05, 0.1) is 0 Å². The van der Waals surface area contributed by atoms with Crippen molar-refractivity contribution < 1.29 is 15.3 Å². The molecular weight excluding hydrogens is 146 g/mol. The van der Waals surface area contributed by atoms with Crippen molar-refractivity contribution in [1.82, 2.24) is 5.73 Å². The third-order valence-electron chi connectivity index (χ3n) is 1.40. The van der Waals surface area contributed by atoms with Crippen LogP contribution in [0.4, 0.5) is 0 Å². The van der Waals surface area contributed by atoms with Crippen molar-refractivity contribution in [2.24, 2.45) is 0 Å². The van der Waals surface area contributed by atoms with Gasteiger partial charge in [-0.15, -0.1) is 0 Å². The second kappa shape index (κ2) is 2.67. The lowest BCUT2D eigenvalue weighted by atomic mass is 10.2. The smallest absolute Gasteiger partial charge is 0.200 e. The Balaban J connectivity index is 3.25. The normalized spacial score (nSPS) is 9.91. The number of nitrogens with one attached hydrogen (secondary N) is 1. The van der Waals surface area contributed by atoms with Crippen molar-refractivity contribution in [3.05, 3.63) is 17.7 Å². The van der Waals surface area contributed by atoms with Gasteiger partial charge in [0, 0.05) is 12.1 Å². The van der Waals surface area contributed by atoms with E-state index in [4.69, 9.17) is 21.1 Å². The molecule has 4 heteroatoms. The van der Waals surface area contributed by atoms with Crippen LogP contribution >= 0.6 is 0 Å². The van der Waals surface area contributed by atoms with Crippen LogP contribution < -0.4 is 5.73 Å². The fourth-order valence-corrected chi connectivity index (χ4v) is 0.753. The van der Waals surface area contributed by atoms with Crippen molar-refractivity contribution in [2.75, 3.05) is 0 Å². The third-order valence-corrected chi connectivity index (χ3v) is 1.40. The van der Waals surface area contributed by atoms with E-state index >= 15 is 0 Å². The lowest BCUT2D eigenvalue weighted by Gasteiger charge is -2.03. The molecule has 0 saturated carbocycles. The molecular formula is C7H8NO3. The van der Waals surface area contributed by atoms with Crippen LogP contribution in [-0.4, -0.2) is 15.3 Å². The van der Waals surface area contributed by atoms with Crippen LogP contribution in [0, 0.1) is 0 Å². The molecule has 0 fully saturated rings. The van der Waals surface area contributed by atoms with Crippen molar-refractivity contribution in [1.29, 1.82) is 0 Å². The monoisotopic (exact) mass is 154 g/mol. The summed E-state index contributed by atoms with van der Waals surface area (Å²) in [6.45, 7) is -0.125. The minimum absolute atomic E-state index is 0.125. The molecule has 0 saturated heterocycles. The summed E-state index contributed by atoms with van der Waals surface area (Å²) < 4.78 is 0. The van der Waals surface area contributed by atoms with E-state index in [0.29, 0.717) is 5.56 Å². The van der Waals surface area contributed by atoms with Crippen LogP contribution in [0.15, 0.2) is 12.1 Å². The fourth-order valence-electron chi connectivity index (χ4n) is 0.753. The highest BCUT2D eigenvalue weighted by Crippen LogP contribution is 2.36. The van der Waals surface area contributed by atoms with Crippen molar-refractivity contribution in [2.45, 2.75) is 6.54 Å². The summed E-state index contributed by atoms with van der Waals surface area (Å²) in [4.78, 5) is 0. The Hall–Kier alpha value is -1.42. The summed E-state index contributed by atoms with van der Waals surface area (Å²) in [5, 5.41) is 26.8. The summed E-state index contributed by atoms with van der Waals surface area (Å²) in [5.41, 5.74) is 7.19. The van der Waals surface area contributed by atoms with Gasteiger partial charge in [0.25, 0.3) is 0 Å². The van der Waals surface area contributed by atoms with E-state index in [9.17, 15) is 0 Å². The molecule has 0 bridgehead atoms. The molecule has 1 radical (unpaired) electrons. The molecule has 1 aromatic rings. The van der Waals surface area contributed by atoms with E-state index in [-0.39, 0.29) is 12.3 Å². The van der Waals surface area contributed by atoms with E-state index in [0.717, 1.165) is 0 Å². The molecule has 0 atom stereocenters. The topological polar surface area (TPSA) is 84.5 Å². The Kier molecular flexibility index (Phi) is 1.87. The minimum atomic E-state index is -0.560. The van der Waals surface area contributed by atoms with Crippen LogP contribution in [0.2, 0.25) is 0 Å². The molecule has 1 aromatic carbocycles. The zero-order valence-corrected chi connectivity index (χ0v) is 5.70. The number of phenolic OH excluding ortho intramolecular Hbond substituents is 3. The highest BCUT2D eigenvalue weighted by atomic mass is 16.3. The number of hydrogen-bond acceptors (Lipinski definition) is 3. The van der Waals surface area contributed by atoms with Gasteiger partial charge in [0.15, 0.2) is 11.5 Å². The fraction of sp³-hybridized carbons (Fsp3) is 0.143. The molecule has 0 aliphatic heterocycles. The van der Waals surface area contributed by atoms with Gasteiger partial charge in [0.1, 0.15) is 0 Å². The average molecular weight is 154 g/mol. The van der Waals surface area contributed by atoms with E-state index < -0.39 is 11.5 Å². The number of rotatable bonds is 1. The maximum absolute atomic E-state index is 9.05. The molecule has 1 rings (SSSR count). The van der Waals surface area contributed by atoms with Gasteiger partial charge < -0.3 is 15.3 Å². The van der Waals surface area contributed by atoms with Crippen LogP contribution in [0.5, 0.6) is 17.2 Å². The Morgan fingerprint density at radius 1 is 1.09 bits per heavy atom. The first-order valence-corrected chi connectivity index (χ1v) is 3.04. The molecule has 0 unspecified atom stereocenters. The van der Waals surface area contributed by atoms with E-state index in [1.807, 2.05) is 0 Å². The molecule has 0 amide bonds. The van der Waals surface area contributed by atoms with E-state index in [1.165, 1.54) is 12.1 Å². The number of phenols is 3. The second-order valence-electron chi connectivity index (χ2n) is 2.12. The third kappa shape index (κ3) is 1.20. The predicted octanol–water partition coefficient (Wildman–Crippen LogP) is 0.586. The summed E-state index contributed by atoms with van der Waals surface area (Å²) >= 11 is 0. The average Bonchev–Trinajstić information content (AvgIpc) is 2.01. The predicted molar refractivity (Wildman–Crippen MR) is 38.2 cm³/mol. The Bertz CT molecular complexity index is 273. The van der Waals surface area contributed by atoms with Gasteiger partial charge >= 0.3 is 0 Å². The molecule has 4 nitrogen and oxygen atoms in total. The SMILES string of the molecule is [NH]Cc1ccc(O)c(O)c1O. The summed E-state index contributed by atoms with van der Waals surface area (Å²) in [5.74, 6) is -1.35. The molecule has 0 aromatic heterocycles. The molecule has 11 heavy (non-hydrogen) atoms. The summed E-state index contributed by atoms with van der Waals surface area (Å²) in [6, 6.07) is 2.62. The second-order valence-corrected chi connectivity index (χ2v) is 2.12. The van der Waals surface area contributed by atoms with E-state index in [2.05, 4.69) is 0 Å². The number of benzene rings is 1. The first kappa shape index (κ1) is 7.68. The number of hydrogen-bond donors (Lipinski definition) is 3. The molecule has 0 aliphatic carbocycles. The van der Waals surface area contributed by atoms with Crippen LogP contribution in [0.3, 0.4) is 0 Å². The molecule has 0 heterocycles. The Morgan fingerprint density at radius 3 is 2.27 bits per heavy atom. The van der Waals surface area contributed by atoms with Crippen molar-refractivity contribution >= 4 is 0 Å². The quantitative estimate of drug-likeness (QED) is 0.517. The number of aromatic hydroxyl groups is 3. The standard InChI is InChI=1S/C7H8NO3/c8-3-4-1-2-5(9)7(11)6(4)10/h1-2,8-11H,3H2. The Labute approximate surface area is 63.5 Å². The highest BCUT2D eigenvalue weighted by Gasteiger charge is 2.08. The van der Waals surface area contributed by atoms with Gasteiger partial charge in [-0.1, -0.05) is 6.07 Å². The van der Waals surface area contributed by atoms with Crippen molar-refractivity contribution in [3.63, 3.8) is 0 Å². The van der Waals surface area contributed by atoms with Gasteiger partial charge in [0.2, 0.25) is 5.75 Å². The van der Waals surface area contributed by atoms with Crippen LogP contribution in [-0.2, 0) is 6.54 Å². The Morgan fingerprint density at radius 2 is 1.73 bits per heavy atom. The molecule has 0 spiro atoms. The van der Waals surface area contributed by atoms with Crippen LogP contribution in [0.1, 0.15) is 5.56 Å². The lowest BCUT2D eigenvalue weighted by Crippen LogP contribution is -1.85. The maximum atomic E-state index is 9.05. The lowest BCUT2D eigenvalue weighted by molar-refractivity contribution is 0.365. The zero-order chi connectivity index (χ0) is 8.43. The maximum Gasteiger partial charge on any atom is 0.200 e. The molecule has 59 valence electrons. The molecule has 0 aliphatic rings. The largest absolute Gasteiger partial charge is 0.504 e. The summed E-state index contributed by atoms with van der Waals surface area (Å²) in [7, 11) is 0. The minimum Gasteiger partial charge on any atom is -0.504 e. The highest BCUT2D eigenvalue weighted by molar-refractivity contribution is 5.52. The zero-order valence-electron chi connectivity index (χ0n) is 5.70. The first-order valence-electron chi connectivity index (χ1n) is 3.04. The van der Waals surface area contributed by atoms with Gasteiger partial charge in [-0.3, -0.25) is 5.73 Å². The summed E-state index contributed by atoms with van der Waals surface area (Å²) in [6.07, 6.45) is 0. The van der Waals surface area contributed by atoms with Crippen LogP contribution in [0.25, 0.3) is 0 Å². The first-order chi connectivity index (χ1) is 5.16. The molecule has 4 N–H and O–H groups in total.